The van der Waals surface area contributed by atoms with E-state index in [4.69, 9.17) is 5.73 Å². The molecule has 0 fully saturated rings. The summed E-state index contributed by atoms with van der Waals surface area (Å²) in [6, 6.07) is 5.40. The Balaban J connectivity index is 2.44. The monoisotopic (exact) mass is 295 g/mol. The van der Waals surface area contributed by atoms with Crippen LogP contribution in [0.25, 0.3) is 0 Å². The Morgan fingerprint density at radius 3 is 2.76 bits per heavy atom. The molecule has 1 aromatic carbocycles. The molecule has 0 saturated carbocycles. The van der Waals surface area contributed by atoms with Crippen LogP contribution in [0.1, 0.15) is 42.5 Å². The number of ketones is 1. The molecule has 0 amide bonds. The molecule has 0 aliphatic rings. The SMILES string of the molecule is C=CCCCCCC(=O)c1ccc(Br)cc1N. The summed E-state index contributed by atoms with van der Waals surface area (Å²) in [5.74, 6) is 0.133. The summed E-state index contributed by atoms with van der Waals surface area (Å²) < 4.78 is 0.900. The lowest BCUT2D eigenvalue weighted by molar-refractivity contribution is 0.0980. The molecule has 3 heteroatoms. The third kappa shape index (κ3) is 4.73. The lowest BCUT2D eigenvalue weighted by Gasteiger charge is -2.05. The van der Waals surface area contributed by atoms with Crippen LogP contribution < -0.4 is 5.73 Å². The highest BCUT2D eigenvalue weighted by Gasteiger charge is 2.09. The zero-order chi connectivity index (χ0) is 12.7. The number of carbonyl (C=O) groups is 1. The van der Waals surface area contributed by atoms with Gasteiger partial charge in [-0.1, -0.05) is 28.4 Å². The third-order valence-corrected chi connectivity index (χ3v) is 3.12. The Morgan fingerprint density at radius 1 is 1.35 bits per heavy atom. The minimum Gasteiger partial charge on any atom is -0.398 e. The first-order chi connectivity index (χ1) is 8.15. The number of carbonyl (C=O) groups excluding carboxylic acids is 1. The number of anilines is 1. The van der Waals surface area contributed by atoms with Gasteiger partial charge in [-0.25, -0.2) is 0 Å². The van der Waals surface area contributed by atoms with Gasteiger partial charge in [0.25, 0.3) is 0 Å². The van der Waals surface area contributed by atoms with Gasteiger partial charge in [-0.3, -0.25) is 4.79 Å². The van der Waals surface area contributed by atoms with E-state index in [9.17, 15) is 4.79 Å². The number of hydrogen-bond acceptors (Lipinski definition) is 2. The van der Waals surface area contributed by atoms with Crippen molar-refractivity contribution in [3.8, 4) is 0 Å². The molecule has 0 unspecified atom stereocenters. The normalized spacial score (nSPS) is 10.2. The number of allylic oxidation sites excluding steroid dienone is 1. The Labute approximate surface area is 111 Å². The van der Waals surface area contributed by atoms with Crippen molar-refractivity contribution >= 4 is 27.4 Å². The van der Waals surface area contributed by atoms with Gasteiger partial charge < -0.3 is 5.73 Å². The van der Waals surface area contributed by atoms with Crippen LogP contribution in [-0.4, -0.2) is 5.78 Å². The van der Waals surface area contributed by atoms with Crippen LogP contribution in [0.3, 0.4) is 0 Å². The highest BCUT2D eigenvalue weighted by molar-refractivity contribution is 9.10. The Hall–Kier alpha value is -1.09. The fraction of sp³-hybridized carbons (Fsp3) is 0.357. The molecule has 0 aliphatic carbocycles. The van der Waals surface area contributed by atoms with Gasteiger partial charge in [-0.2, -0.15) is 0 Å². The topological polar surface area (TPSA) is 43.1 Å². The van der Waals surface area contributed by atoms with E-state index in [0.29, 0.717) is 17.7 Å². The molecule has 2 N–H and O–H groups in total. The minimum absolute atomic E-state index is 0.133. The summed E-state index contributed by atoms with van der Waals surface area (Å²) in [5, 5.41) is 0. The van der Waals surface area contributed by atoms with E-state index >= 15 is 0 Å². The van der Waals surface area contributed by atoms with Crippen LogP contribution in [0.4, 0.5) is 5.69 Å². The third-order valence-electron chi connectivity index (χ3n) is 2.63. The van der Waals surface area contributed by atoms with Crippen molar-refractivity contribution in [3.05, 3.63) is 40.9 Å². The summed E-state index contributed by atoms with van der Waals surface area (Å²) in [6.45, 7) is 3.67. The van der Waals surface area contributed by atoms with Gasteiger partial charge in [0.2, 0.25) is 0 Å². The van der Waals surface area contributed by atoms with Crippen LogP contribution in [-0.2, 0) is 0 Å². The summed E-state index contributed by atoms with van der Waals surface area (Å²) in [6.07, 6.45) is 6.59. The highest BCUT2D eigenvalue weighted by Crippen LogP contribution is 2.20. The lowest BCUT2D eigenvalue weighted by atomic mass is 10.0. The Bertz CT molecular complexity index is 401. The number of nitrogens with two attached hydrogens (primary N) is 1. The van der Waals surface area contributed by atoms with Crippen molar-refractivity contribution in [2.45, 2.75) is 32.1 Å². The minimum atomic E-state index is 0.133. The van der Waals surface area contributed by atoms with Gasteiger partial charge in [-0.15, -0.1) is 6.58 Å². The largest absolute Gasteiger partial charge is 0.398 e. The number of Topliss-reactive ketones (excluding diaryl/α,β-unsaturated/α-hetero) is 1. The molecule has 1 aromatic rings. The van der Waals surface area contributed by atoms with E-state index < -0.39 is 0 Å². The van der Waals surface area contributed by atoms with E-state index in [1.165, 1.54) is 0 Å². The molecule has 1 rings (SSSR count). The maximum absolute atomic E-state index is 11.9. The molecule has 0 saturated heterocycles. The second-order valence-corrected chi connectivity index (χ2v) is 4.96. The first kappa shape index (κ1) is 14.0. The van der Waals surface area contributed by atoms with Gasteiger partial charge >= 0.3 is 0 Å². The number of rotatable bonds is 7. The smallest absolute Gasteiger partial charge is 0.164 e. The zero-order valence-corrected chi connectivity index (χ0v) is 11.5. The number of halogens is 1. The lowest BCUT2D eigenvalue weighted by Crippen LogP contribution is -2.03. The summed E-state index contributed by atoms with van der Waals surface area (Å²) >= 11 is 3.33. The van der Waals surface area contributed by atoms with Crippen molar-refractivity contribution in [1.29, 1.82) is 0 Å². The standard InChI is InChI=1S/C14H18BrNO/c1-2-3-4-5-6-7-14(17)12-9-8-11(15)10-13(12)16/h2,8-10H,1,3-7,16H2. The Kier molecular flexibility index (Phi) is 5.98. The van der Waals surface area contributed by atoms with E-state index in [1.54, 1.807) is 12.1 Å². The van der Waals surface area contributed by atoms with E-state index in [2.05, 4.69) is 22.5 Å². The summed E-state index contributed by atoms with van der Waals surface area (Å²) in [4.78, 5) is 11.9. The van der Waals surface area contributed by atoms with Crippen molar-refractivity contribution < 1.29 is 4.79 Å². The summed E-state index contributed by atoms with van der Waals surface area (Å²) in [7, 11) is 0. The van der Waals surface area contributed by atoms with Crippen LogP contribution in [0.15, 0.2) is 35.3 Å². The predicted octanol–water partition coefficient (Wildman–Crippen LogP) is 4.35. The Morgan fingerprint density at radius 2 is 2.12 bits per heavy atom. The van der Waals surface area contributed by atoms with Crippen LogP contribution in [0.5, 0.6) is 0 Å². The van der Waals surface area contributed by atoms with E-state index in [1.807, 2.05) is 12.1 Å². The molecule has 0 bridgehead atoms. The fourth-order valence-electron chi connectivity index (χ4n) is 1.67. The van der Waals surface area contributed by atoms with Gasteiger partial charge in [0.15, 0.2) is 5.78 Å². The maximum Gasteiger partial charge on any atom is 0.164 e. The van der Waals surface area contributed by atoms with Crippen LogP contribution in [0, 0.1) is 0 Å². The number of hydrogen-bond donors (Lipinski definition) is 1. The van der Waals surface area contributed by atoms with E-state index in [-0.39, 0.29) is 5.78 Å². The molecule has 92 valence electrons. The fourth-order valence-corrected chi connectivity index (χ4v) is 2.05. The van der Waals surface area contributed by atoms with Crippen LogP contribution in [0.2, 0.25) is 0 Å². The maximum atomic E-state index is 11.9. The molecule has 2 nitrogen and oxygen atoms in total. The average Bonchev–Trinajstić information content (AvgIpc) is 2.28. The molecule has 17 heavy (non-hydrogen) atoms. The molecule has 0 atom stereocenters. The molecule has 0 radical (unpaired) electrons. The first-order valence-corrected chi connectivity index (χ1v) is 6.63. The van der Waals surface area contributed by atoms with Gasteiger partial charge in [0, 0.05) is 22.1 Å². The number of benzene rings is 1. The summed E-state index contributed by atoms with van der Waals surface area (Å²) in [5.41, 5.74) is 7.00. The number of unbranched alkanes of at least 4 members (excludes halogenated alkanes) is 3. The van der Waals surface area contributed by atoms with Crippen molar-refractivity contribution in [2.75, 3.05) is 5.73 Å². The molecular weight excluding hydrogens is 278 g/mol. The molecular formula is C14H18BrNO. The molecule has 0 heterocycles. The second kappa shape index (κ2) is 7.28. The van der Waals surface area contributed by atoms with Gasteiger partial charge in [-0.05, 0) is 37.5 Å². The van der Waals surface area contributed by atoms with Crippen molar-refractivity contribution in [2.24, 2.45) is 0 Å². The van der Waals surface area contributed by atoms with Gasteiger partial charge in [0.1, 0.15) is 0 Å². The highest BCUT2D eigenvalue weighted by atomic mass is 79.9. The molecule has 0 spiro atoms. The average molecular weight is 296 g/mol. The quantitative estimate of drug-likeness (QED) is 0.352. The van der Waals surface area contributed by atoms with Crippen LogP contribution >= 0.6 is 15.9 Å². The van der Waals surface area contributed by atoms with Gasteiger partial charge in [0.05, 0.1) is 0 Å². The second-order valence-electron chi connectivity index (χ2n) is 4.04. The zero-order valence-electron chi connectivity index (χ0n) is 9.92. The van der Waals surface area contributed by atoms with Crippen molar-refractivity contribution in [3.63, 3.8) is 0 Å². The molecule has 0 aromatic heterocycles. The van der Waals surface area contributed by atoms with Crippen molar-refractivity contribution in [1.82, 2.24) is 0 Å². The number of nitrogen functional groups attached to an aromatic ring is 1. The van der Waals surface area contributed by atoms with E-state index in [0.717, 1.165) is 30.2 Å². The predicted molar refractivity (Wildman–Crippen MR) is 76.2 cm³/mol. The molecule has 0 aliphatic heterocycles. The first-order valence-electron chi connectivity index (χ1n) is 5.84.